The monoisotopic (exact) mass is 443 g/mol. The fourth-order valence-electron chi connectivity index (χ4n) is 3.80. The summed E-state index contributed by atoms with van der Waals surface area (Å²) in [6.45, 7) is 4.07. The topological polar surface area (TPSA) is 74.1 Å². The third kappa shape index (κ3) is 4.77. The Morgan fingerprint density at radius 3 is 2.73 bits per heavy atom. The van der Waals surface area contributed by atoms with Gasteiger partial charge in [-0.2, -0.15) is 0 Å². The van der Waals surface area contributed by atoms with Crippen molar-refractivity contribution in [1.82, 2.24) is 14.7 Å². The molecule has 0 unspecified atom stereocenters. The summed E-state index contributed by atoms with van der Waals surface area (Å²) in [6.07, 6.45) is 4.65. The maximum Gasteiger partial charge on any atom is 0.251 e. The van der Waals surface area contributed by atoms with Crippen molar-refractivity contribution in [2.24, 2.45) is 0 Å². The van der Waals surface area contributed by atoms with E-state index in [0.717, 1.165) is 34.0 Å². The van der Waals surface area contributed by atoms with Gasteiger partial charge in [0.15, 0.2) is 11.5 Å². The molecule has 0 spiro atoms. The number of imidazole rings is 1. The van der Waals surface area contributed by atoms with Crippen LogP contribution in [-0.2, 0) is 13.0 Å². The van der Waals surface area contributed by atoms with Crippen LogP contribution in [0.1, 0.15) is 27.2 Å². The van der Waals surface area contributed by atoms with Crippen LogP contribution in [0.5, 0.6) is 17.2 Å². The molecule has 7 nitrogen and oxygen atoms in total. The molecule has 0 aliphatic carbocycles. The molecule has 1 amide bonds. The van der Waals surface area contributed by atoms with Crippen molar-refractivity contribution in [3.63, 3.8) is 0 Å². The molecule has 0 bridgehead atoms. The van der Waals surface area contributed by atoms with Crippen molar-refractivity contribution >= 4 is 11.6 Å². The van der Waals surface area contributed by atoms with Crippen LogP contribution in [0.4, 0.5) is 0 Å². The van der Waals surface area contributed by atoms with Crippen LogP contribution >= 0.6 is 0 Å². The molecule has 7 heteroatoms. The molecule has 1 N–H and O–H groups in total. The van der Waals surface area contributed by atoms with Crippen LogP contribution in [0.15, 0.2) is 67.0 Å². The number of amides is 1. The second kappa shape index (κ2) is 9.24. The van der Waals surface area contributed by atoms with E-state index >= 15 is 0 Å². The fourth-order valence-corrected chi connectivity index (χ4v) is 3.80. The molecule has 0 radical (unpaired) electrons. The van der Waals surface area contributed by atoms with Gasteiger partial charge in [0.25, 0.3) is 5.91 Å². The number of nitrogens with zero attached hydrogens (tertiary/aromatic N) is 2. The number of carbonyl (C=O) groups is 1. The summed E-state index contributed by atoms with van der Waals surface area (Å²) in [5, 5.41) is 2.96. The number of rotatable bonds is 7. The average molecular weight is 444 g/mol. The van der Waals surface area contributed by atoms with E-state index < -0.39 is 0 Å². The van der Waals surface area contributed by atoms with E-state index in [9.17, 15) is 4.79 Å². The third-order valence-electron chi connectivity index (χ3n) is 5.54. The van der Waals surface area contributed by atoms with Crippen molar-refractivity contribution in [2.75, 3.05) is 19.8 Å². The van der Waals surface area contributed by atoms with E-state index in [1.165, 1.54) is 0 Å². The Morgan fingerprint density at radius 1 is 1.09 bits per heavy atom. The van der Waals surface area contributed by atoms with Crippen LogP contribution < -0.4 is 19.5 Å². The number of hydrogen-bond acceptors (Lipinski definition) is 5. The Labute approximate surface area is 191 Å². The molecule has 2 aromatic heterocycles. The Hall–Kier alpha value is -4.00. The van der Waals surface area contributed by atoms with E-state index in [1.54, 1.807) is 24.3 Å². The lowest BCUT2D eigenvalue weighted by Gasteiger charge is -2.18. The van der Waals surface area contributed by atoms with Crippen LogP contribution in [0.25, 0.3) is 5.65 Å². The van der Waals surface area contributed by atoms with Gasteiger partial charge in [0.05, 0.1) is 5.69 Å². The first kappa shape index (κ1) is 20.9. The van der Waals surface area contributed by atoms with Crippen LogP contribution in [0, 0.1) is 6.92 Å². The number of aryl methyl sites for hydroxylation is 1. The Balaban J connectivity index is 1.12. The van der Waals surface area contributed by atoms with Gasteiger partial charge in [0.1, 0.15) is 31.2 Å². The van der Waals surface area contributed by atoms with Gasteiger partial charge in [-0.25, -0.2) is 4.98 Å². The fraction of sp³-hybridized carbons (Fsp3) is 0.231. The van der Waals surface area contributed by atoms with E-state index in [-0.39, 0.29) is 5.91 Å². The molecule has 1 aliphatic rings. The molecule has 0 saturated heterocycles. The summed E-state index contributed by atoms with van der Waals surface area (Å²) in [6, 6.07) is 17.0. The van der Waals surface area contributed by atoms with E-state index in [0.29, 0.717) is 44.1 Å². The predicted octanol–water partition coefficient (Wildman–Crippen LogP) is 3.97. The molecule has 0 atom stereocenters. The van der Waals surface area contributed by atoms with Crippen LogP contribution in [0.2, 0.25) is 0 Å². The second-order valence-corrected chi connectivity index (χ2v) is 7.95. The second-order valence-electron chi connectivity index (χ2n) is 7.95. The van der Waals surface area contributed by atoms with E-state index in [4.69, 9.17) is 14.2 Å². The summed E-state index contributed by atoms with van der Waals surface area (Å²) in [7, 11) is 0. The number of fused-ring (bicyclic) bond motifs is 2. The van der Waals surface area contributed by atoms with Gasteiger partial charge in [-0.15, -0.1) is 0 Å². The quantitative estimate of drug-likeness (QED) is 0.468. The number of pyridine rings is 1. The maximum atomic E-state index is 12.5. The number of aromatic nitrogens is 2. The maximum absolute atomic E-state index is 12.5. The average Bonchev–Trinajstić information content (AvgIpc) is 3.27. The van der Waals surface area contributed by atoms with Crippen LogP contribution in [-0.4, -0.2) is 35.1 Å². The van der Waals surface area contributed by atoms with Crippen molar-refractivity contribution in [3.05, 3.63) is 89.4 Å². The van der Waals surface area contributed by atoms with Crippen LogP contribution in [0.3, 0.4) is 0 Å². The van der Waals surface area contributed by atoms with E-state index in [1.807, 2.05) is 54.0 Å². The van der Waals surface area contributed by atoms with Gasteiger partial charge in [-0.05, 0) is 66.9 Å². The summed E-state index contributed by atoms with van der Waals surface area (Å²) in [5.74, 6) is 2.11. The summed E-state index contributed by atoms with van der Waals surface area (Å²) >= 11 is 0. The first-order chi connectivity index (χ1) is 16.2. The largest absolute Gasteiger partial charge is 0.487 e. The Kier molecular flexibility index (Phi) is 5.85. The predicted molar refractivity (Wildman–Crippen MR) is 124 cm³/mol. The summed E-state index contributed by atoms with van der Waals surface area (Å²) in [4.78, 5) is 17.1. The van der Waals surface area contributed by atoms with Crippen molar-refractivity contribution in [3.8, 4) is 17.2 Å². The highest BCUT2D eigenvalue weighted by atomic mass is 16.6. The van der Waals surface area contributed by atoms with Gasteiger partial charge in [0.2, 0.25) is 0 Å². The smallest absolute Gasteiger partial charge is 0.251 e. The standard InChI is InChI=1S/C26H25N3O4/c1-18-3-2-12-29-16-21(28-25(18)29)17-33-22-7-5-20(6-8-22)26(30)27-11-10-19-4-9-23-24(15-19)32-14-13-31-23/h2-9,12,15-16H,10-11,13-14,17H2,1H3,(H,27,30). The lowest BCUT2D eigenvalue weighted by Crippen LogP contribution is -2.25. The third-order valence-corrected chi connectivity index (χ3v) is 5.54. The minimum Gasteiger partial charge on any atom is -0.487 e. The van der Waals surface area contributed by atoms with E-state index in [2.05, 4.69) is 10.3 Å². The number of carbonyl (C=O) groups excluding carboxylic acids is 1. The molecular weight excluding hydrogens is 418 g/mol. The Morgan fingerprint density at radius 2 is 1.91 bits per heavy atom. The minimum absolute atomic E-state index is 0.116. The Bertz CT molecular complexity index is 1280. The first-order valence-electron chi connectivity index (χ1n) is 11.0. The molecule has 168 valence electrons. The minimum atomic E-state index is -0.116. The summed E-state index contributed by atoms with van der Waals surface area (Å²) < 4.78 is 19.0. The molecule has 0 saturated carbocycles. The molecule has 3 heterocycles. The molecule has 33 heavy (non-hydrogen) atoms. The molecule has 4 aromatic rings. The lowest BCUT2D eigenvalue weighted by atomic mass is 10.1. The zero-order chi connectivity index (χ0) is 22.6. The zero-order valence-electron chi connectivity index (χ0n) is 18.4. The highest BCUT2D eigenvalue weighted by Crippen LogP contribution is 2.30. The lowest BCUT2D eigenvalue weighted by molar-refractivity contribution is 0.0954. The summed E-state index contributed by atoms with van der Waals surface area (Å²) in [5.41, 5.74) is 4.58. The highest BCUT2D eigenvalue weighted by Gasteiger charge is 2.12. The molecular formula is C26H25N3O4. The van der Waals surface area contributed by atoms with Gasteiger partial charge < -0.3 is 23.9 Å². The SMILES string of the molecule is Cc1cccn2cc(COc3ccc(C(=O)NCCc4ccc5c(c4)OCCO5)cc3)nc12. The zero-order valence-corrected chi connectivity index (χ0v) is 18.4. The molecule has 0 fully saturated rings. The van der Waals surface area contributed by atoms with Crippen molar-refractivity contribution < 1.29 is 19.0 Å². The normalized spacial score (nSPS) is 12.5. The number of nitrogens with one attached hydrogen (secondary N) is 1. The number of ether oxygens (including phenoxy) is 3. The van der Waals surface area contributed by atoms with Crippen molar-refractivity contribution in [1.29, 1.82) is 0 Å². The van der Waals surface area contributed by atoms with Gasteiger partial charge in [-0.1, -0.05) is 12.1 Å². The number of benzene rings is 2. The van der Waals surface area contributed by atoms with Gasteiger partial charge >= 0.3 is 0 Å². The number of hydrogen-bond donors (Lipinski definition) is 1. The highest BCUT2D eigenvalue weighted by molar-refractivity contribution is 5.94. The van der Waals surface area contributed by atoms with Gasteiger partial charge in [-0.3, -0.25) is 4.79 Å². The van der Waals surface area contributed by atoms with Gasteiger partial charge in [0, 0.05) is 24.5 Å². The molecule has 2 aromatic carbocycles. The molecule has 1 aliphatic heterocycles. The molecule has 5 rings (SSSR count). The van der Waals surface area contributed by atoms with Crippen molar-refractivity contribution in [2.45, 2.75) is 20.0 Å². The first-order valence-corrected chi connectivity index (χ1v) is 11.0.